The first-order valence-corrected chi connectivity index (χ1v) is 5.46. The lowest BCUT2D eigenvalue weighted by atomic mass is 10.1. The van der Waals surface area contributed by atoms with Gasteiger partial charge in [0.15, 0.2) is 6.29 Å². The van der Waals surface area contributed by atoms with Crippen LogP contribution in [0.1, 0.15) is 23.0 Å². The van der Waals surface area contributed by atoms with E-state index in [0.717, 1.165) is 24.0 Å². The standard InChI is InChI=1S/C14H15NO/c1-3-11-4-6-12(7-5-11)14-9-8-13(10-16)15(14)2/h4-10H,3H2,1-2H3. The maximum atomic E-state index is 10.8. The van der Waals surface area contributed by atoms with Crippen LogP contribution in [-0.4, -0.2) is 10.9 Å². The first-order valence-electron chi connectivity index (χ1n) is 5.46. The predicted molar refractivity (Wildman–Crippen MR) is 65.6 cm³/mol. The molecule has 0 aliphatic heterocycles. The number of aryl methyl sites for hydroxylation is 1. The van der Waals surface area contributed by atoms with Gasteiger partial charge in [-0.1, -0.05) is 31.2 Å². The number of aromatic nitrogens is 1. The minimum Gasteiger partial charge on any atom is -0.341 e. The Labute approximate surface area is 95.5 Å². The van der Waals surface area contributed by atoms with Crippen molar-refractivity contribution in [1.82, 2.24) is 4.57 Å². The molecule has 1 heterocycles. The van der Waals surface area contributed by atoms with Crippen LogP contribution in [0.2, 0.25) is 0 Å². The van der Waals surface area contributed by atoms with Crippen LogP contribution < -0.4 is 0 Å². The van der Waals surface area contributed by atoms with Crippen LogP contribution in [0.15, 0.2) is 36.4 Å². The summed E-state index contributed by atoms with van der Waals surface area (Å²) in [6.45, 7) is 2.14. The van der Waals surface area contributed by atoms with E-state index in [9.17, 15) is 4.79 Å². The van der Waals surface area contributed by atoms with E-state index in [0.29, 0.717) is 5.69 Å². The molecular weight excluding hydrogens is 198 g/mol. The van der Waals surface area contributed by atoms with E-state index in [1.54, 1.807) is 0 Å². The van der Waals surface area contributed by atoms with E-state index in [2.05, 4.69) is 31.2 Å². The zero-order chi connectivity index (χ0) is 11.5. The SMILES string of the molecule is CCc1ccc(-c2ccc(C=O)n2C)cc1. The molecule has 1 aromatic carbocycles. The van der Waals surface area contributed by atoms with Crippen molar-refractivity contribution in [2.75, 3.05) is 0 Å². The molecule has 0 saturated heterocycles. The minimum absolute atomic E-state index is 0.703. The first kappa shape index (κ1) is 10.7. The van der Waals surface area contributed by atoms with Gasteiger partial charge >= 0.3 is 0 Å². The zero-order valence-electron chi connectivity index (χ0n) is 9.60. The number of hydrogen-bond acceptors (Lipinski definition) is 1. The minimum atomic E-state index is 0.703. The molecule has 0 atom stereocenters. The Morgan fingerprint density at radius 1 is 1.12 bits per heavy atom. The second kappa shape index (κ2) is 4.35. The van der Waals surface area contributed by atoms with E-state index in [-0.39, 0.29) is 0 Å². The molecule has 1 aromatic heterocycles. The van der Waals surface area contributed by atoms with Crippen LogP contribution in [0, 0.1) is 0 Å². The molecule has 0 N–H and O–H groups in total. The van der Waals surface area contributed by atoms with Gasteiger partial charge in [0, 0.05) is 12.7 Å². The molecule has 0 spiro atoms. The molecular formula is C14H15NO. The molecule has 0 fully saturated rings. The Hall–Kier alpha value is -1.83. The number of hydrogen-bond donors (Lipinski definition) is 0. The van der Waals surface area contributed by atoms with Crippen LogP contribution >= 0.6 is 0 Å². The Morgan fingerprint density at radius 2 is 1.81 bits per heavy atom. The maximum Gasteiger partial charge on any atom is 0.166 e. The molecule has 0 bridgehead atoms. The Morgan fingerprint density at radius 3 is 2.31 bits per heavy atom. The van der Waals surface area contributed by atoms with Gasteiger partial charge in [-0.25, -0.2) is 0 Å². The van der Waals surface area contributed by atoms with Gasteiger partial charge in [-0.3, -0.25) is 4.79 Å². The molecule has 2 nitrogen and oxygen atoms in total. The van der Waals surface area contributed by atoms with Crippen molar-refractivity contribution in [3.05, 3.63) is 47.7 Å². The lowest BCUT2D eigenvalue weighted by Crippen LogP contribution is -1.96. The quantitative estimate of drug-likeness (QED) is 0.718. The van der Waals surface area contributed by atoms with Crippen LogP contribution in [-0.2, 0) is 13.5 Å². The van der Waals surface area contributed by atoms with Crippen LogP contribution in [0.5, 0.6) is 0 Å². The molecule has 0 saturated carbocycles. The first-order chi connectivity index (χ1) is 7.76. The fraction of sp³-hybridized carbons (Fsp3) is 0.214. The number of carbonyl (C=O) groups is 1. The molecule has 0 amide bonds. The van der Waals surface area contributed by atoms with E-state index in [4.69, 9.17) is 0 Å². The number of rotatable bonds is 3. The molecule has 2 heteroatoms. The largest absolute Gasteiger partial charge is 0.341 e. The van der Waals surface area contributed by atoms with E-state index in [1.165, 1.54) is 5.56 Å². The number of benzene rings is 1. The summed E-state index contributed by atoms with van der Waals surface area (Å²) in [7, 11) is 1.91. The van der Waals surface area contributed by atoms with Crippen molar-refractivity contribution in [3.8, 4) is 11.3 Å². The van der Waals surface area contributed by atoms with E-state index >= 15 is 0 Å². The summed E-state index contributed by atoms with van der Waals surface area (Å²) < 4.78 is 1.91. The van der Waals surface area contributed by atoms with Crippen LogP contribution in [0.25, 0.3) is 11.3 Å². The summed E-state index contributed by atoms with van der Waals surface area (Å²) in [5.41, 5.74) is 4.25. The van der Waals surface area contributed by atoms with Crippen molar-refractivity contribution in [3.63, 3.8) is 0 Å². The third-order valence-electron chi connectivity index (χ3n) is 2.94. The van der Waals surface area contributed by atoms with Gasteiger partial charge in [0.1, 0.15) is 0 Å². The fourth-order valence-corrected chi connectivity index (χ4v) is 1.85. The average molecular weight is 213 g/mol. The molecule has 82 valence electrons. The molecule has 2 rings (SSSR count). The fourth-order valence-electron chi connectivity index (χ4n) is 1.85. The van der Waals surface area contributed by atoms with Crippen LogP contribution in [0.3, 0.4) is 0 Å². The molecule has 0 radical (unpaired) electrons. The van der Waals surface area contributed by atoms with Gasteiger partial charge in [0.25, 0.3) is 0 Å². The maximum absolute atomic E-state index is 10.8. The van der Waals surface area contributed by atoms with Crippen molar-refractivity contribution >= 4 is 6.29 Å². The zero-order valence-corrected chi connectivity index (χ0v) is 9.60. The lowest BCUT2D eigenvalue weighted by Gasteiger charge is -2.05. The average Bonchev–Trinajstić information content (AvgIpc) is 2.70. The normalized spacial score (nSPS) is 10.4. The highest BCUT2D eigenvalue weighted by atomic mass is 16.1. The molecule has 0 aliphatic rings. The summed E-state index contributed by atoms with van der Waals surface area (Å²) in [5.74, 6) is 0. The van der Waals surface area contributed by atoms with Gasteiger partial charge in [0.2, 0.25) is 0 Å². The summed E-state index contributed by atoms with van der Waals surface area (Å²) in [6.07, 6.45) is 1.93. The van der Waals surface area contributed by atoms with Crippen molar-refractivity contribution in [1.29, 1.82) is 0 Å². The van der Waals surface area contributed by atoms with Crippen molar-refractivity contribution < 1.29 is 4.79 Å². The third kappa shape index (κ3) is 1.78. The highest BCUT2D eigenvalue weighted by molar-refractivity contribution is 5.76. The number of aldehydes is 1. The second-order valence-corrected chi connectivity index (χ2v) is 3.87. The monoisotopic (exact) mass is 213 g/mol. The topological polar surface area (TPSA) is 22.0 Å². The highest BCUT2D eigenvalue weighted by Gasteiger charge is 2.05. The van der Waals surface area contributed by atoms with Gasteiger partial charge in [-0.2, -0.15) is 0 Å². The second-order valence-electron chi connectivity index (χ2n) is 3.87. The summed E-state index contributed by atoms with van der Waals surface area (Å²) in [5, 5.41) is 0. The predicted octanol–water partition coefficient (Wildman–Crippen LogP) is 3.07. The smallest absolute Gasteiger partial charge is 0.166 e. The number of nitrogens with zero attached hydrogens (tertiary/aromatic N) is 1. The van der Waals surface area contributed by atoms with Gasteiger partial charge < -0.3 is 4.57 Å². The molecule has 0 unspecified atom stereocenters. The van der Waals surface area contributed by atoms with Crippen molar-refractivity contribution in [2.24, 2.45) is 7.05 Å². The number of carbonyl (C=O) groups excluding carboxylic acids is 1. The lowest BCUT2D eigenvalue weighted by molar-refractivity contribution is 0.111. The summed E-state index contributed by atoms with van der Waals surface area (Å²) in [6, 6.07) is 12.3. The van der Waals surface area contributed by atoms with Crippen molar-refractivity contribution in [2.45, 2.75) is 13.3 Å². The molecule has 16 heavy (non-hydrogen) atoms. The van der Waals surface area contributed by atoms with Crippen LogP contribution in [0.4, 0.5) is 0 Å². The highest BCUT2D eigenvalue weighted by Crippen LogP contribution is 2.21. The summed E-state index contributed by atoms with van der Waals surface area (Å²) >= 11 is 0. The molecule has 0 aliphatic carbocycles. The van der Waals surface area contributed by atoms with Gasteiger partial charge in [0.05, 0.1) is 5.69 Å². The Kier molecular flexibility index (Phi) is 2.91. The van der Waals surface area contributed by atoms with Gasteiger partial charge in [-0.05, 0) is 29.7 Å². The summed E-state index contributed by atoms with van der Waals surface area (Å²) in [4.78, 5) is 10.8. The van der Waals surface area contributed by atoms with E-state index in [1.807, 2.05) is 23.7 Å². The molecule has 2 aromatic rings. The van der Waals surface area contributed by atoms with E-state index < -0.39 is 0 Å². The Balaban J connectivity index is 2.42. The third-order valence-corrected chi connectivity index (χ3v) is 2.94. The van der Waals surface area contributed by atoms with Gasteiger partial charge in [-0.15, -0.1) is 0 Å². The Bertz CT molecular complexity index is 494.